The number of Topliss-reactive ketones (excluding diaryl/α,β-unsaturated/α-hetero) is 1. The molecule has 3 aromatic rings. The van der Waals surface area contributed by atoms with E-state index in [1.165, 1.54) is 30.7 Å². The Kier molecular flexibility index (Phi) is 4.53. The lowest BCUT2D eigenvalue weighted by Crippen LogP contribution is -2.16. The number of aromatic nitrogens is 2. The second-order valence-electron chi connectivity index (χ2n) is 5.16. The van der Waals surface area contributed by atoms with Gasteiger partial charge >= 0.3 is 6.36 Å². The summed E-state index contributed by atoms with van der Waals surface area (Å²) in [4.78, 5) is 30.6. The molecule has 3 rings (SSSR count). The molecule has 0 aliphatic heterocycles. The van der Waals surface area contributed by atoms with Crippen molar-refractivity contribution >= 4 is 34.3 Å². The summed E-state index contributed by atoms with van der Waals surface area (Å²) in [5.41, 5.74) is 1.33. The number of carbonyl (C=O) groups is 2. The quantitative estimate of drug-likeness (QED) is 0.424. The molecule has 0 fully saturated rings. The molecule has 0 bridgehead atoms. The first-order valence-electron chi connectivity index (χ1n) is 7.22. The van der Waals surface area contributed by atoms with Gasteiger partial charge in [0.05, 0.1) is 11.1 Å². The minimum Gasteiger partial charge on any atom is -0.406 e. The number of ether oxygens (including phenoxy) is 1. The maximum atomic E-state index is 12.2. The molecule has 0 amide bonds. The van der Waals surface area contributed by atoms with Crippen LogP contribution in [0.2, 0.25) is 0 Å². The molecule has 6 nitrogen and oxygen atoms in total. The van der Waals surface area contributed by atoms with E-state index in [1.807, 2.05) is 0 Å². The first-order chi connectivity index (χ1) is 12.4. The Balaban J connectivity index is 1.91. The second-order valence-corrected chi connectivity index (χ2v) is 5.16. The number of hydrogen-bond donors (Lipinski definition) is 1. The Bertz CT molecular complexity index is 972. The smallest absolute Gasteiger partial charge is 0.406 e. The molecule has 0 aliphatic carbocycles. The number of aldehydes is 1. The van der Waals surface area contributed by atoms with Crippen molar-refractivity contribution in [2.75, 3.05) is 5.32 Å². The van der Waals surface area contributed by atoms with Gasteiger partial charge in [-0.1, -0.05) is 0 Å². The number of halogens is 3. The zero-order chi connectivity index (χ0) is 18.7. The minimum absolute atomic E-state index is 0.0967. The van der Waals surface area contributed by atoms with Crippen LogP contribution in [0.1, 0.15) is 10.4 Å². The highest BCUT2D eigenvalue weighted by molar-refractivity contribution is 6.36. The third-order valence-corrected chi connectivity index (χ3v) is 3.36. The molecule has 132 valence electrons. The number of anilines is 2. The lowest BCUT2D eigenvalue weighted by Gasteiger charge is -2.12. The number of rotatable bonds is 5. The molecule has 0 saturated carbocycles. The number of hydrogen-bond acceptors (Lipinski definition) is 6. The van der Waals surface area contributed by atoms with E-state index in [1.54, 1.807) is 6.07 Å². The highest BCUT2D eigenvalue weighted by Crippen LogP contribution is 2.27. The number of benzene rings is 2. The zero-order valence-electron chi connectivity index (χ0n) is 12.9. The molecule has 0 saturated heterocycles. The van der Waals surface area contributed by atoms with Crippen LogP contribution >= 0.6 is 0 Å². The minimum atomic E-state index is -4.77. The molecule has 0 spiro atoms. The number of nitrogens with zero attached hydrogens (tertiary/aromatic N) is 2. The Morgan fingerprint density at radius 1 is 1.12 bits per heavy atom. The molecule has 9 heteroatoms. The summed E-state index contributed by atoms with van der Waals surface area (Å²) in [5, 5.41) is 3.47. The van der Waals surface area contributed by atoms with Crippen molar-refractivity contribution in [1.82, 2.24) is 9.97 Å². The normalized spacial score (nSPS) is 11.2. The van der Waals surface area contributed by atoms with E-state index in [0.29, 0.717) is 22.3 Å². The van der Waals surface area contributed by atoms with Crippen LogP contribution in [-0.4, -0.2) is 28.4 Å². The van der Waals surface area contributed by atoms with E-state index in [2.05, 4.69) is 20.0 Å². The van der Waals surface area contributed by atoms with Crippen molar-refractivity contribution in [3.63, 3.8) is 0 Å². The van der Waals surface area contributed by atoms with Gasteiger partial charge in [0.15, 0.2) is 6.29 Å². The van der Waals surface area contributed by atoms with Crippen LogP contribution in [0.3, 0.4) is 0 Å². The predicted molar refractivity (Wildman–Crippen MR) is 86.3 cm³/mol. The van der Waals surface area contributed by atoms with Gasteiger partial charge in [-0.15, -0.1) is 13.2 Å². The van der Waals surface area contributed by atoms with Gasteiger partial charge in [-0.3, -0.25) is 9.59 Å². The van der Waals surface area contributed by atoms with Crippen LogP contribution in [0.5, 0.6) is 5.75 Å². The van der Waals surface area contributed by atoms with Gasteiger partial charge in [0.1, 0.15) is 12.1 Å². The van der Waals surface area contributed by atoms with Crippen LogP contribution < -0.4 is 10.1 Å². The fourth-order valence-electron chi connectivity index (χ4n) is 2.33. The number of ketones is 1. The van der Waals surface area contributed by atoms with Crippen LogP contribution in [0, 0.1) is 0 Å². The molecule has 0 atom stereocenters. The van der Waals surface area contributed by atoms with E-state index in [9.17, 15) is 22.8 Å². The van der Waals surface area contributed by atoms with Gasteiger partial charge in [-0.25, -0.2) is 9.97 Å². The van der Waals surface area contributed by atoms with Gasteiger partial charge < -0.3 is 10.1 Å². The molecule has 0 radical (unpaired) electrons. The maximum absolute atomic E-state index is 12.2. The Labute approximate surface area is 144 Å². The van der Waals surface area contributed by atoms with E-state index in [-0.39, 0.29) is 17.6 Å². The summed E-state index contributed by atoms with van der Waals surface area (Å²) >= 11 is 0. The van der Waals surface area contributed by atoms with Crippen LogP contribution in [0.15, 0.2) is 48.9 Å². The fourth-order valence-corrected chi connectivity index (χ4v) is 2.33. The standard InChI is InChI=1S/C17H10F3N3O3/c18-17(19,20)26-13-3-1-11(2-4-13)23-12-5-10-7-21-9-22-16(10)14(6-12)15(25)8-24/h1-9,23H. The summed E-state index contributed by atoms with van der Waals surface area (Å²) in [6.45, 7) is 0. The molecule has 1 heterocycles. The lowest BCUT2D eigenvalue weighted by atomic mass is 10.1. The summed E-state index contributed by atoms with van der Waals surface area (Å²) in [7, 11) is 0. The molecule has 26 heavy (non-hydrogen) atoms. The van der Waals surface area contributed by atoms with E-state index in [4.69, 9.17) is 0 Å². The summed E-state index contributed by atoms with van der Waals surface area (Å²) in [5.74, 6) is -1.10. The average Bonchev–Trinajstić information content (AvgIpc) is 2.61. The number of alkyl halides is 3. The van der Waals surface area contributed by atoms with Crippen LogP contribution in [-0.2, 0) is 4.79 Å². The third-order valence-electron chi connectivity index (χ3n) is 3.36. The first kappa shape index (κ1) is 17.3. The van der Waals surface area contributed by atoms with Gasteiger partial charge in [0.2, 0.25) is 5.78 Å². The first-order valence-corrected chi connectivity index (χ1v) is 7.22. The second kappa shape index (κ2) is 6.79. The maximum Gasteiger partial charge on any atom is 0.573 e. The van der Waals surface area contributed by atoms with Crippen molar-refractivity contribution in [2.24, 2.45) is 0 Å². The Morgan fingerprint density at radius 3 is 2.50 bits per heavy atom. The summed E-state index contributed by atoms with van der Waals surface area (Å²) in [6.07, 6.45) is -1.84. The van der Waals surface area contributed by atoms with E-state index >= 15 is 0 Å². The van der Waals surface area contributed by atoms with Crippen molar-refractivity contribution in [2.45, 2.75) is 6.36 Å². The summed E-state index contributed by atoms with van der Waals surface area (Å²) < 4.78 is 40.3. The molecular weight excluding hydrogens is 351 g/mol. The van der Waals surface area contributed by atoms with Gasteiger partial charge in [0, 0.05) is 23.0 Å². The van der Waals surface area contributed by atoms with Crippen molar-refractivity contribution in [3.8, 4) is 5.75 Å². The molecule has 2 aromatic carbocycles. The van der Waals surface area contributed by atoms with Gasteiger partial charge in [0.25, 0.3) is 0 Å². The number of nitrogens with one attached hydrogen (secondary N) is 1. The van der Waals surface area contributed by atoms with Crippen molar-refractivity contribution in [1.29, 1.82) is 0 Å². The molecule has 0 unspecified atom stereocenters. The molecule has 0 aliphatic rings. The number of fused-ring (bicyclic) bond motifs is 1. The van der Waals surface area contributed by atoms with Crippen molar-refractivity contribution in [3.05, 3.63) is 54.5 Å². The average molecular weight is 361 g/mol. The molecule has 1 aromatic heterocycles. The Hall–Kier alpha value is -3.49. The van der Waals surface area contributed by atoms with Gasteiger partial charge in [-0.05, 0) is 36.4 Å². The third kappa shape index (κ3) is 3.94. The summed E-state index contributed by atoms with van der Waals surface area (Å²) in [6, 6.07) is 8.15. The van der Waals surface area contributed by atoms with E-state index in [0.717, 1.165) is 12.1 Å². The zero-order valence-corrected chi connectivity index (χ0v) is 12.9. The topological polar surface area (TPSA) is 81.2 Å². The fraction of sp³-hybridized carbons (Fsp3) is 0.0588. The van der Waals surface area contributed by atoms with Crippen LogP contribution in [0.4, 0.5) is 24.5 Å². The molecular formula is C17H10F3N3O3. The SMILES string of the molecule is O=CC(=O)c1cc(Nc2ccc(OC(F)(F)F)cc2)cc2cncnc12. The lowest BCUT2D eigenvalue weighted by molar-refractivity contribution is -0.274. The van der Waals surface area contributed by atoms with Crippen molar-refractivity contribution < 1.29 is 27.5 Å². The monoisotopic (exact) mass is 361 g/mol. The highest BCUT2D eigenvalue weighted by atomic mass is 19.4. The Morgan fingerprint density at radius 2 is 1.85 bits per heavy atom. The van der Waals surface area contributed by atoms with Crippen LogP contribution in [0.25, 0.3) is 10.9 Å². The number of carbonyl (C=O) groups excluding carboxylic acids is 2. The predicted octanol–water partition coefficient (Wildman–Crippen LogP) is 3.65. The van der Waals surface area contributed by atoms with Gasteiger partial charge in [-0.2, -0.15) is 0 Å². The highest BCUT2D eigenvalue weighted by Gasteiger charge is 2.30. The molecule has 1 N–H and O–H groups in total. The largest absolute Gasteiger partial charge is 0.573 e. The van der Waals surface area contributed by atoms with E-state index < -0.39 is 12.1 Å².